The molecule has 132 valence electrons. The van der Waals surface area contributed by atoms with E-state index >= 15 is 0 Å². The number of para-hydroxylation sites is 1. The van der Waals surface area contributed by atoms with Gasteiger partial charge in [-0.25, -0.2) is 8.42 Å². The molecule has 2 aromatic rings. The molecule has 0 fully saturated rings. The van der Waals surface area contributed by atoms with Crippen molar-refractivity contribution in [1.29, 1.82) is 0 Å². The van der Waals surface area contributed by atoms with E-state index in [1.807, 2.05) is 37.4 Å². The Labute approximate surface area is 143 Å². The standard InChI is InChI=1S/C17H25N3O3S/c1-3-4-10-18-17(21)13-20(24(2,22)23)11-9-14-12-19-16-8-6-5-7-15(14)16/h5-8,12,19H,3-4,9-11,13H2,1-2H3,(H,18,21). The van der Waals surface area contributed by atoms with Gasteiger partial charge >= 0.3 is 0 Å². The lowest BCUT2D eigenvalue weighted by Gasteiger charge is -2.19. The van der Waals surface area contributed by atoms with Crippen LogP contribution in [0.1, 0.15) is 25.3 Å². The third kappa shape index (κ3) is 5.07. The van der Waals surface area contributed by atoms with Crippen LogP contribution in [0.2, 0.25) is 0 Å². The quantitative estimate of drug-likeness (QED) is 0.677. The van der Waals surface area contributed by atoms with Crippen LogP contribution in [0.3, 0.4) is 0 Å². The summed E-state index contributed by atoms with van der Waals surface area (Å²) in [5.74, 6) is -0.257. The zero-order valence-electron chi connectivity index (χ0n) is 14.2. The van der Waals surface area contributed by atoms with Crippen LogP contribution in [0.4, 0.5) is 0 Å². The molecule has 0 saturated carbocycles. The number of aromatic amines is 1. The summed E-state index contributed by atoms with van der Waals surface area (Å²) in [6, 6.07) is 7.89. The highest BCUT2D eigenvalue weighted by Gasteiger charge is 2.20. The first-order valence-corrected chi connectivity index (χ1v) is 10.0. The van der Waals surface area contributed by atoms with Crippen molar-refractivity contribution in [2.24, 2.45) is 0 Å². The van der Waals surface area contributed by atoms with Gasteiger partial charge in [0.1, 0.15) is 0 Å². The minimum Gasteiger partial charge on any atom is -0.361 e. The number of carbonyl (C=O) groups excluding carboxylic acids is 1. The van der Waals surface area contributed by atoms with Crippen LogP contribution in [-0.4, -0.2) is 49.5 Å². The Hall–Kier alpha value is -1.86. The molecule has 0 saturated heterocycles. The van der Waals surface area contributed by atoms with Gasteiger partial charge in [-0.05, 0) is 24.5 Å². The van der Waals surface area contributed by atoms with E-state index in [9.17, 15) is 13.2 Å². The second-order valence-electron chi connectivity index (χ2n) is 5.91. The Kier molecular flexibility index (Phi) is 6.39. The van der Waals surface area contributed by atoms with Gasteiger partial charge in [-0.3, -0.25) is 4.79 Å². The van der Waals surface area contributed by atoms with Crippen LogP contribution < -0.4 is 5.32 Å². The van der Waals surface area contributed by atoms with Crippen molar-refractivity contribution in [2.75, 3.05) is 25.9 Å². The Balaban J connectivity index is 2.00. The summed E-state index contributed by atoms with van der Waals surface area (Å²) >= 11 is 0. The number of rotatable bonds is 9. The highest BCUT2D eigenvalue weighted by atomic mass is 32.2. The molecule has 2 N–H and O–H groups in total. The van der Waals surface area contributed by atoms with Crippen LogP contribution >= 0.6 is 0 Å². The summed E-state index contributed by atoms with van der Waals surface area (Å²) in [7, 11) is -3.43. The lowest BCUT2D eigenvalue weighted by Crippen LogP contribution is -2.41. The zero-order valence-corrected chi connectivity index (χ0v) is 15.0. The molecular formula is C17H25N3O3S. The molecule has 1 aromatic carbocycles. The van der Waals surface area contributed by atoms with Crippen molar-refractivity contribution in [3.63, 3.8) is 0 Å². The average Bonchev–Trinajstić information content (AvgIpc) is 2.94. The third-order valence-corrected chi connectivity index (χ3v) is 5.20. The summed E-state index contributed by atoms with van der Waals surface area (Å²) in [5.41, 5.74) is 2.07. The summed E-state index contributed by atoms with van der Waals surface area (Å²) in [4.78, 5) is 15.1. The predicted octanol–water partition coefficient (Wildman–Crippen LogP) is 1.89. The largest absolute Gasteiger partial charge is 0.361 e. The van der Waals surface area contributed by atoms with E-state index in [0.29, 0.717) is 13.0 Å². The average molecular weight is 351 g/mol. The molecule has 1 heterocycles. The molecule has 0 radical (unpaired) electrons. The number of H-pyrrole nitrogens is 1. The van der Waals surface area contributed by atoms with Crippen LogP contribution in [0.5, 0.6) is 0 Å². The molecule has 6 nitrogen and oxygen atoms in total. The number of unbranched alkanes of at least 4 members (excludes halogenated alkanes) is 1. The smallest absolute Gasteiger partial charge is 0.235 e. The third-order valence-electron chi connectivity index (χ3n) is 3.95. The van der Waals surface area contributed by atoms with E-state index in [-0.39, 0.29) is 19.0 Å². The van der Waals surface area contributed by atoms with E-state index in [4.69, 9.17) is 0 Å². The monoisotopic (exact) mass is 351 g/mol. The number of fused-ring (bicyclic) bond motifs is 1. The summed E-state index contributed by atoms with van der Waals surface area (Å²) in [6.07, 6.45) is 5.46. The lowest BCUT2D eigenvalue weighted by molar-refractivity contribution is -0.121. The van der Waals surface area contributed by atoms with Gasteiger partial charge in [0.05, 0.1) is 12.8 Å². The zero-order chi connectivity index (χ0) is 17.6. The Morgan fingerprint density at radius 1 is 1.29 bits per heavy atom. The molecule has 2 rings (SSSR count). The summed E-state index contributed by atoms with van der Waals surface area (Å²) in [5, 5.41) is 3.84. The molecule has 0 bridgehead atoms. The van der Waals surface area contributed by atoms with Crippen LogP contribution in [0.25, 0.3) is 10.9 Å². The minimum absolute atomic E-state index is 0.134. The highest BCUT2D eigenvalue weighted by Crippen LogP contribution is 2.18. The van der Waals surface area contributed by atoms with Crippen LogP contribution in [0.15, 0.2) is 30.5 Å². The number of amides is 1. The lowest BCUT2D eigenvalue weighted by atomic mass is 10.1. The first-order valence-electron chi connectivity index (χ1n) is 8.18. The Bertz CT molecular complexity index is 783. The molecule has 0 spiro atoms. The van der Waals surface area contributed by atoms with Crippen molar-refractivity contribution in [1.82, 2.24) is 14.6 Å². The molecule has 0 atom stereocenters. The number of aromatic nitrogens is 1. The first kappa shape index (κ1) is 18.5. The second kappa shape index (κ2) is 8.30. The number of carbonyl (C=O) groups is 1. The molecule has 1 aromatic heterocycles. The predicted molar refractivity (Wildman–Crippen MR) is 96.3 cm³/mol. The fraction of sp³-hybridized carbons (Fsp3) is 0.471. The summed E-state index contributed by atoms with van der Waals surface area (Å²) in [6.45, 7) is 2.76. The molecule has 0 aliphatic rings. The van der Waals surface area contributed by atoms with Gasteiger partial charge in [-0.15, -0.1) is 0 Å². The van der Waals surface area contributed by atoms with Crippen molar-refractivity contribution >= 4 is 26.8 Å². The number of sulfonamides is 1. The number of benzene rings is 1. The molecule has 0 aliphatic heterocycles. The van der Waals surface area contributed by atoms with E-state index in [1.54, 1.807) is 0 Å². The van der Waals surface area contributed by atoms with Gasteiger partial charge in [0.2, 0.25) is 15.9 Å². The minimum atomic E-state index is -3.43. The molecule has 0 aliphatic carbocycles. The van der Waals surface area contributed by atoms with Crippen molar-refractivity contribution in [3.05, 3.63) is 36.0 Å². The van der Waals surface area contributed by atoms with E-state index in [0.717, 1.165) is 35.6 Å². The maximum absolute atomic E-state index is 12.0. The first-order chi connectivity index (χ1) is 11.4. The van der Waals surface area contributed by atoms with Gasteiger partial charge in [-0.1, -0.05) is 31.5 Å². The Morgan fingerprint density at radius 2 is 2.04 bits per heavy atom. The van der Waals surface area contributed by atoms with E-state index < -0.39 is 10.0 Å². The van der Waals surface area contributed by atoms with Gasteiger partial charge < -0.3 is 10.3 Å². The Morgan fingerprint density at radius 3 is 2.75 bits per heavy atom. The molecular weight excluding hydrogens is 326 g/mol. The highest BCUT2D eigenvalue weighted by molar-refractivity contribution is 7.88. The molecule has 24 heavy (non-hydrogen) atoms. The number of nitrogens with one attached hydrogen (secondary N) is 2. The number of nitrogens with zero attached hydrogens (tertiary/aromatic N) is 1. The van der Waals surface area contributed by atoms with Crippen molar-refractivity contribution in [2.45, 2.75) is 26.2 Å². The fourth-order valence-corrected chi connectivity index (χ4v) is 3.34. The SMILES string of the molecule is CCCCNC(=O)CN(CCc1c[nH]c2ccccc12)S(C)(=O)=O. The maximum Gasteiger partial charge on any atom is 0.235 e. The number of hydrogen-bond acceptors (Lipinski definition) is 3. The topological polar surface area (TPSA) is 82.3 Å². The van der Waals surface area contributed by atoms with Gasteiger partial charge in [0.15, 0.2) is 0 Å². The van der Waals surface area contributed by atoms with Gasteiger partial charge in [-0.2, -0.15) is 4.31 Å². The maximum atomic E-state index is 12.0. The van der Waals surface area contributed by atoms with Gasteiger partial charge in [0, 0.05) is 30.2 Å². The normalized spacial score (nSPS) is 12.0. The second-order valence-corrected chi connectivity index (χ2v) is 7.89. The van der Waals surface area contributed by atoms with Gasteiger partial charge in [0.25, 0.3) is 0 Å². The molecule has 1 amide bonds. The van der Waals surface area contributed by atoms with E-state index in [1.165, 1.54) is 4.31 Å². The fourth-order valence-electron chi connectivity index (χ4n) is 2.57. The van der Waals surface area contributed by atoms with Crippen molar-refractivity contribution in [3.8, 4) is 0 Å². The molecule has 0 unspecified atom stereocenters. The van der Waals surface area contributed by atoms with Crippen molar-refractivity contribution < 1.29 is 13.2 Å². The number of hydrogen-bond donors (Lipinski definition) is 2. The van der Waals surface area contributed by atoms with Crippen LogP contribution in [-0.2, 0) is 21.2 Å². The summed E-state index contributed by atoms with van der Waals surface area (Å²) < 4.78 is 25.1. The van der Waals surface area contributed by atoms with E-state index in [2.05, 4.69) is 10.3 Å². The molecule has 7 heteroatoms. The van der Waals surface area contributed by atoms with Crippen LogP contribution in [0, 0.1) is 0 Å².